The van der Waals surface area contributed by atoms with E-state index in [1.54, 1.807) is 0 Å². The SMILES string of the molecule is [2H]c1c([2H])c([2H])c(-n2c3c([2H])c([2H])c([2H])c([2H])c3c3c([2H])c([2H])c([2H])c([2H])c32)c(-c2c([2H])c([2H])c([2H])c([2H])c2-n2c3c([2H])c([2H])c([2H])c([2H])c3c3c([2H])c(-n4c5c([2H])c([2H])c([2H])c([2H])c5c5c([2H])c(-n6c7c([2H])c([2H])c([2H])c([2H])c7c7c([2H])c(C)c([2H])c([2H])c76)c([2H])c([2H])c54)c([2H])c([2H])c32)c1[2H]. The van der Waals surface area contributed by atoms with E-state index in [0.717, 1.165) is 4.57 Å². The van der Waals surface area contributed by atoms with Crippen LogP contribution in [-0.4, -0.2) is 18.3 Å². The lowest BCUT2D eigenvalue weighted by Crippen LogP contribution is -2.01. The summed E-state index contributed by atoms with van der Waals surface area (Å²) in [5.41, 5.74) is -12.1. The van der Waals surface area contributed by atoms with Crippen molar-refractivity contribution in [2.45, 2.75) is 6.92 Å². The highest BCUT2D eigenvalue weighted by Gasteiger charge is 2.22. The molecule has 304 valence electrons. The predicted molar refractivity (Wildman–Crippen MR) is 274 cm³/mol. The van der Waals surface area contributed by atoms with Gasteiger partial charge in [0.1, 0.15) is 0 Å². The molecule has 0 radical (unpaired) electrons. The van der Waals surface area contributed by atoms with E-state index in [0.29, 0.717) is 13.7 Å². The van der Waals surface area contributed by atoms with Crippen LogP contribution in [-0.2, 0) is 0 Å². The highest BCUT2D eigenvalue weighted by molar-refractivity contribution is 6.15. The van der Waals surface area contributed by atoms with E-state index in [1.165, 1.54) is 6.92 Å². The molecule has 0 atom stereocenters. The van der Waals surface area contributed by atoms with E-state index in [2.05, 4.69) is 0 Å². The summed E-state index contributed by atoms with van der Waals surface area (Å²) in [7, 11) is 0. The van der Waals surface area contributed by atoms with Crippen LogP contribution in [0.5, 0.6) is 0 Å². The van der Waals surface area contributed by atoms with Crippen LogP contribution in [0, 0.1) is 6.92 Å². The van der Waals surface area contributed by atoms with Gasteiger partial charge in [-0.3, -0.25) is 0 Å². The number of para-hydroxylation sites is 7. The molecule has 4 heterocycles. The third-order valence-corrected chi connectivity index (χ3v) is 11.1. The molecule has 0 unspecified atom stereocenters. The summed E-state index contributed by atoms with van der Waals surface area (Å²) < 4.78 is 348. The topological polar surface area (TPSA) is 19.7 Å². The number of fused-ring (bicyclic) bond motifs is 12. The van der Waals surface area contributed by atoms with Gasteiger partial charge in [0, 0.05) is 65.6 Å². The molecule has 14 rings (SSSR count). The Kier molecular flexibility index (Phi) is 3.22. The fourth-order valence-electron chi connectivity index (χ4n) is 8.47. The van der Waals surface area contributed by atoms with Gasteiger partial charge in [0.05, 0.1) is 106 Å². The molecule has 0 aliphatic carbocycles. The minimum Gasteiger partial charge on any atom is -0.309 e. The summed E-state index contributed by atoms with van der Waals surface area (Å²) in [5, 5.41) is -5.04. The van der Waals surface area contributed by atoms with Gasteiger partial charge in [0.2, 0.25) is 0 Å². The summed E-state index contributed by atoms with van der Waals surface area (Å²) in [4.78, 5) is 0. The van der Waals surface area contributed by atoms with Gasteiger partial charge in [-0.25, -0.2) is 0 Å². The number of hydrogen-bond acceptors (Lipinski definition) is 0. The highest BCUT2D eigenvalue weighted by Crippen LogP contribution is 2.43. The first-order valence-electron chi connectivity index (χ1n) is 37.9. The standard InChI is InChI=1S/C61H40N4/c1-39-30-33-59-49(36-39)46-20-6-9-23-52(46)62(59)40-31-34-60-50(37-40)47-21-7-10-24-53(47)63(60)41-32-35-61-51(38-41)48-22-8-15-29-58(48)65(61)57-28-14-5-19-45(57)44-18-4-13-27-56(44)64-54-25-11-2-16-42(54)43-17-3-12-26-55(43)64/h2-38H,1H3/i2D,3D,4D,5D,6D,7D,8D,9D,10D,11D,12D,13D,14D,15D,16D,17D,18D,19D,20D,21D,22D,23D,24D,25D,26D,27D,28D,29D,30D,31D,32D,33D,34D,35D,36D,37D,38D. The first kappa shape index (κ1) is 15.3. The molecule has 14 aromatic rings. The zero-order valence-corrected chi connectivity index (χ0v) is 32.8. The first-order valence-corrected chi connectivity index (χ1v) is 19.4. The van der Waals surface area contributed by atoms with E-state index in [-0.39, 0.29) is 10.9 Å². The predicted octanol–water partition coefficient (Wildman–Crippen LogP) is 16.1. The monoisotopic (exact) mass is 866 g/mol. The van der Waals surface area contributed by atoms with Crippen molar-refractivity contribution in [2.75, 3.05) is 0 Å². The van der Waals surface area contributed by atoms with Gasteiger partial charge in [-0.15, -0.1) is 0 Å². The lowest BCUT2D eigenvalue weighted by atomic mass is 10.0. The third kappa shape index (κ3) is 5.13. The number of rotatable bonds is 5. The van der Waals surface area contributed by atoms with Gasteiger partial charge in [0.25, 0.3) is 0 Å². The molecule has 0 amide bonds. The minimum atomic E-state index is -1.24. The van der Waals surface area contributed by atoms with Crippen LogP contribution in [0.25, 0.3) is 121 Å². The first-order chi connectivity index (χ1) is 47.6. The second-order valence-corrected chi connectivity index (χ2v) is 14.5. The van der Waals surface area contributed by atoms with Crippen molar-refractivity contribution in [3.05, 3.63) is 229 Å². The summed E-state index contributed by atoms with van der Waals surface area (Å²) in [6, 6.07) is -37.4. The molecular weight excluding hydrogens is 789 g/mol. The van der Waals surface area contributed by atoms with E-state index in [9.17, 15) is 28.8 Å². The van der Waals surface area contributed by atoms with Crippen molar-refractivity contribution in [3.8, 4) is 33.9 Å². The van der Waals surface area contributed by atoms with Gasteiger partial charge in [0.15, 0.2) is 0 Å². The lowest BCUT2D eigenvalue weighted by molar-refractivity contribution is 1.15. The van der Waals surface area contributed by atoms with E-state index >= 15 is 0 Å². The second-order valence-electron chi connectivity index (χ2n) is 14.5. The average molecular weight is 866 g/mol. The van der Waals surface area contributed by atoms with E-state index < -0.39 is 339 Å². The van der Waals surface area contributed by atoms with Gasteiger partial charge in [-0.05, 0) is 97.6 Å². The molecule has 0 aliphatic heterocycles. The molecule has 0 spiro atoms. The van der Waals surface area contributed by atoms with E-state index in [1.807, 2.05) is 0 Å². The molecule has 4 nitrogen and oxygen atoms in total. The Hall–Kier alpha value is -8.60. The maximum Gasteiger partial charge on any atom is 0.0652 e. The molecule has 0 aliphatic rings. The van der Waals surface area contributed by atoms with Gasteiger partial charge >= 0.3 is 0 Å². The maximum absolute atomic E-state index is 10.4. The summed E-state index contributed by atoms with van der Waals surface area (Å²) >= 11 is 0. The van der Waals surface area contributed by atoms with Crippen molar-refractivity contribution in [3.63, 3.8) is 0 Å². The Morgan fingerprint density at radius 1 is 0.262 bits per heavy atom. The molecule has 0 bridgehead atoms. The number of benzene rings is 10. The molecule has 0 fully saturated rings. The Balaban J connectivity index is 1.20. The van der Waals surface area contributed by atoms with E-state index in [4.69, 9.17) is 21.9 Å². The fraction of sp³-hybridized carbons (Fsp3) is 0.0164. The van der Waals surface area contributed by atoms with Crippen molar-refractivity contribution < 1.29 is 50.7 Å². The summed E-state index contributed by atoms with van der Waals surface area (Å²) in [5.74, 6) is 0. The number of nitrogens with zero attached hydrogens (tertiary/aromatic N) is 4. The van der Waals surface area contributed by atoms with Crippen LogP contribution in [0.2, 0.25) is 0 Å². The maximum atomic E-state index is 10.4. The molecule has 10 aromatic carbocycles. The van der Waals surface area contributed by atoms with Crippen molar-refractivity contribution in [1.29, 1.82) is 0 Å². The molecular formula is C61H40N4. The van der Waals surface area contributed by atoms with Crippen molar-refractivity contribution in [1.82, 2.24) is 18.3 Å². The van der Waals surface area contributed by atoms with Gasteiger partial charge in [-0.2, -0.15) is 0 Å². The highest BCUT2D eigenvalue weighted by atomic mass is 15.0. The minimum absolute atomic E-state index is 0.121. The van der Waals surface area contributed by atoms with Gasteiger partial charge < -0.3 is 18.3 Å². The average Bonchev–Trinajstić information content (AvgIpc) is 1.52. The van der Waals surface area contributed by atoms with Crippen LogP contribution in [0.3, 0.4) is 0 Å². The van der Waals surface area contributed by atoms with Crippen LogP contribution in [0.15, 0.2) is 224 Å². The smallest absolute Gasteiger partial charge is 0.0652 e. The summed E-state index contributed by atoms with van der Waals surface area (Å²) in [6.07, 6.45) is 0. The van der Waals surface area contributed by atoms with Crippen LogP contribution in [0.4, 0.5) is 0 Å². The Labute approximate surface area is 426 Å². The molecule has 0 N–H and O–H groups in total. The van der Waals surface area contributed by atoms with Crippen molar-refractivity contribution >= 4 is 87.2 Å². The van der Waals surface area contributed by atoms with Gasteiger partial charge in [-0.1, -0.05) is 138 Å². The molecule has 4 heteroatoms. The normalized spacial score (nSPS) is 20.0. The van der Waals surface area contributed by atoms with Crippen molar-refractivity contribution in [2.24, 2.45) is 0 Å². The zero-order valence-electron chi connectivity index (χ0n) is 69.8. The van der Waals surface area contributed by atoms with Crippen LogP contribution in [0.1, 0.15) is 56.3 Å². The molecule has 65 heavy (non-hydrogen) atoms. The fourth-order valence-corrected chi connectivity index (χ4v) is 8.47. The molecule has 0 saturated carbocycles. The third-order valence-electron chi connectivity index (χ3n) is 11.1. The van der Waals surface area contributed by atoms with Crippen LogP contribution >= 0.6 is 0 Å². The zero-order chi connectivity index (χ0) is 75.0. The quantitative estimate of drug-likeness (QED) is 0.164. The van der Waals surface area contributed by atoms with Crippen LogP contribution < -0.4 is 0 Å². The lowest BCUT2D eigenvalue weighted by Gasteiger charge is -2.18. The Morgan fingerprint density at radius 3 is 0.985 bits per heavy atom. The molecule has 0 saturated heterocycles. The Morgan fingerprint density at radius 2 is 0.554 bits per heavy atom. The number of hydrogen-bond donors (Lipinski definition) is 0. The number of aromatic nitrogens is 4. The molecule has 4 aromatic heterocycles. The second kappa shape index (κ2) is 13.7. The Bertz CT molecular complexity index is 6320. The largest absolute Gasteiger partial charge is 0.309 e. The summed E-state index contributed by atoms with van der Waals surface area (Å²) in [6.45, 7) is 1.31.